The first-order chi connectivity index (χ1) is 12.0. The maximum Gasteiger partial charge on any atom is 0.349 e. The van der Waals surface area contributed by atoms with Gasteiger partial charge in [-0.25, -0.2) is 9.59 Å². The van der Waals surface area contributed by atoms with Gasteiger partial charge in [-0.3, -0.25) is 4.79 Å². The largest absolute Gasteiger partial charge is 0.480 e. The van der Waals surface area contributed by atoms with Crippen LogP contribution in [0, 0.1) is 0 Å². The Morgan fingerprint density at radius 1 is 1.04 bits per heavy atom. The van der Waals surface area contributed by atoms with Crippen molar-refractivity contribution in [3.05, 3.63) is 82.2 Å². The number of fused-ring (bicyclic) bond motifs is 1. The van der Waals surface area contributed by atoms with Crippen molar-refractivity contribution >= 4 is 22.8 Å². The highest BCUT2D eigenvalue weighted by Gasteiger charge is 2.23. The van der Waals surface area contributed by atoms with E-state index in [-0.39, 0.29) is 12.0 Å². The van der Waals surface area contributed by atoms with Crippen LogP contribution in [0.4, 0.5) is 0 Å². The second-order valence-corrected chi connectivity index (χ2v) is 5.54. The molecule has 6 heteroatoms. The Hall–Kier alpha value is -3.41. The monoisotopic (exact) mass is 337 g/mol. The van der Waals surface area contributed by atoms with Crippen molar-refractivity contribution in [2.45, 2.75) is 12.5 Å². The van der Waals surface area contributed by atoms with Gasteiger partial charge in [0.05, 0.1) is 0 Å². The van der Waals surface area contributed by atoms with Gasteiger partial charge >= 0.3 is 11.6 Å². The normalized spacial score (nSPS) is 11.8. The summed E-state index contributed by atoms with van der Waals surface area (Å²) in [4.78, 5) is 35.8. The van der Waals surface area contributed by atoms with Crippen molar-refractivity contribution in [2.75, 3.05) is 0 Å². The van der Waals surface area contributed by atoms with Crippen LogP contribution in [-0.4, -0.2) is 23.0 Å². The molecule has 1 amide bonds. The molecule has 2 aromatic carbocycles. The Balaban J connectivity index is 1.85. The van der Waals surface area contributed by atoms with E-state index in [2.05, 4.69) is 5.32 Å². The molecule has 3 aromatic rings. The molecule has 0 aliphatic rings. The summed E-state index contributed by atoms with van der Waals surface area (Å²) >= 11 is 0. The first-order valence-corrected chi connectivity index (χ1v) is 7.65. The van der Waals surface area contributed by atoms with Crippen LogP contribution in [0.5, 0.6) is 0 Å². The average molecular weight is 337 g/mol. The summed E-state index contributed by atoms with van der Waals surface area (Å²) in [6.45, 7) is 0. The molecule has 6 nitrogen and oxygen atoms in total. The molecule has 1 atom stereocenters. The maximum absolute atomic E-state index is 12.4. The predicted molar refractivity (Wildman–Crippen MR) is 91.5 cm³/mol. The topological polar surface area (TPSA) is 96.6 Å². The number of carbonyl (C=O) groups excluding carboxylic acids is 1. The van der Waals surface area contributed by atoms with Crippen molar-refractivity contribution < 1.29 is 19.1 Å². The smallest absolute Gasteiger partial charge is 0.349 e. The SMILES string of the molecule is O=C(N[C@H](Cc1ccccc1)C(=O)O)c1cc2ccccc2oc1=O. The van der Waals surface area contributed by atoms with Gasteiger partial charge in [-0.1, -0.05) is 48.5 Å². The lowest BCUT2D eigenvalue weighted by Gasteiger charge is -2.14. The van der Waals surface area contributed by atoms with Crippen LogP contribution in [0.25, 0.3) is 11.0 Å². The Morgan fingerprint density at radius 2 is 1.72 bits per heavy atom. The maximum atomic E-state index is 12.4. The Labute approximate surface area is 142 Å². The highest BCUT2D eigenvalue weighted by atomic mass is 16.4. The first kappa shape index (κ1) is 16.4. The van der Waals surface area contributed by atoms with Crippen LogP contribution >= 0.6 is 0 Å². The van der Waals surface area contributed by atoms with Gasteiger partial charge in [0.1, 0.15) is 17.2 Å². The minimum atomic E-state index is -1.18. The fourth-order valence-corrected chi connectivity index (χ4v) is 2.51. The summed E-state index contributed by atoms with van der Waals surface area (Å²) in [5, 5.41) is 12.3. The van der Waals surface area contributed by atoms with Crippen LogP contribution in [0.2, 0.25) is 0 Å². The standard InChI is InChI=1S/C19H15NO5/c21-17(14-11-13-8-4-5-9-16(13)25-19(14)24)20-15(18(22)23)10-12-6-2-1-3-7-12/h1-9,11,15H,10H2,(H,20,21)(H,22,23)/t15-/m1/s1. The van der Waals surface area contributed by atoms with Gasteiger partial charge in [0, 0.05) is 11.8 Å². The van der Waals surface area contributed by atoms with E-state index in [4.69, 9.17) is 4.42 Å². The van der Waals surface area contributed by atoms with E-state index in [0.717, 1.165) is 5.56 Å². The molecule has 0 aliphatic heterocycles. The summed E-state index contributed by atoms with van der Waals surface area (Å²) in [5.41, 5.74) is 0.0990. The number of carboxylic acid groups (broad SMARTS) is 1. The third kappa shape index (κ3) is 3.74. The van der Waals surface area contributed by atoms with Gasteiger partial charge < -0.3 is 14.8 Å². The molecular formula is C19H15NO5. The third-order valence-electron chi connectivity index (χ3n) is 3.77. The molecule has 2 N–H and O–H groups in total. The van der Waals surface area contributed by atoms with Gasteiger partial charge in [0.2, 0.25) is 0 Å². The molecular weight excluding hydrogens is 322 g/mol. The Bertz CT molecular complexity index is 978. The van der Waals surface area contributed by atoms with E-state index in [1.807, 2.05) is 6.07 Å². The van der Waals surface area contributed by atoms with Gasteiger partial charge in [0.25, 0.3) is 5.91 Å². The highest BCUT2D eigenvalue weighted by Crippen LogP contribution is 2.13. The summed E-state index contributed by atoms with van der Waals surface area (Å²) in [6.07, 6.45) is 0.112. The Kier molecular flexibility index (Phi) is 4.61. The molecule has 1 heterocycles. The molecule has 1 aromatic heterocycles. The number of amides is 1. The molecule has 0 unspecified atom stereocenters. The summed E-state index contributed by atoms with van der Waals surface area (Å²) < 4.78 is 5.11. The molecule has 0 aliphatic carbocycles. The van der Waals surface area contributed by atoms with E-state index < -0.39 is 23.5 Å². The van der Waals surface area contributed by atoms with Crippen LogP contribution in [0.15, 0.2) is 69.9 Å². The van der Waals surface area contributed by atoms with E-state index in [1.54, 1.807) is 48.5 Å². The average Bonchev–Trinajstić information content (AvgIpc) is 2.61. The second kappa shape index (κ2) is 7.00. The van der Waals surface area contributed by atoms with Crippen molar-refractivity contribution in [3.63, 3.8) is 0 Å². The molecule has 0 fully saturated rings. The van der Waals surface area contributed by atoms with Crippen LogP contribution in [0.1, 0.15) is 15.9 Å². The van der Waals surface area contributed by atoms with Crippen molar-refractivity contribution in [1.82, 2.24) is 5.32 Å². The van der Waals surface area contributed by atoms with Crippen LogP contribution < -0.4 is 10.9 Å². The van der Waals surface area contributed by atoms with E-state index >= 15 is 0 Å². The summed E-state index contributed by atoms with van der Waals surface area (Å²) in [6, 6.07) is 16.0. The molecule has 0 saturated carbocycles. The molecule has 3 rings (SSSR count). The molecule has 0 saturated heterocycles. The van der Waals surface area contributed by atoms with Crippen LogP contribution in [-0.2, 0) is 11.2 Å². The minimum absolute atomic E-state index is 0.112. The number of carboxylic acids is 1. The van der Waals surface area contributed by atoms with Crippen molar-refractivity contribution in [3.8, 4) is 0 Å². The minimum Gasteiger partial charge on any atom is -0.480 e. The zero-order valence-corrected chi connectivity index (χ0v) is 13.1. The van der Waals surface area contributed by atoms with E-state index in [1.165, 1.54) is 6.07 Å². The van der Waals surface area contributed by atoms with E-state index in [0.29, 0.717) is 11.0 Å². The molecule has 126 valence electrons. The lowest BCUT2D eigenvalue weighted by molar-refractivity contribution is -0.139. The predicted octanol–water partition coefficient (Wildman–Crippen LogP) is 2.22. The lowest BCUT2D eigenvalue weighted by Crippen LogP contribution is -2.43. The zero-order valence-electron chi connectivity index (χ0n) is 13.1. The van der Waals surface area contributed by atoms with Gasteiger partial charge in [-0.2, -0.15) is 0 Å². The number of hydrogen-bond donors (Lipinski definition) is 2. The van der Waals surface area contributed by atoms with E-state index in [9.17, 15) is 19.5 Å². The zero-order chi connectivity index (χ0) is 17.8. The number of nitrogens with one attached hydrogen (secondary N) is 1. The number of rotatable bonds is 5. The summed E-state index contributed by atoms with van der Waals surface area (Å²) in [5.74, 6) is -1.95. The van der Waals surface area contributed by atoms with Gasteiger partial charge in [-0.15, -0.1) is 0 Å². The van der Waals surface area contributed by atoms with Crippen molar-refractivity contribution in [2.24, 2.45) is 0 Å². The third-order valence-corrected chi connectivity index (χ3v) is 3.77. The first-order valence-electron chi connectivity index (χ1n) is 7.65. The fraction of sp³-hybridized carbons (Fsp3) is 0.105. The summed E-state index contributed by atoms with van der Waals surface area (Å²) in [7, 11) is 0. The highest BCUT2D eigenvalue weighted by molar-refractivity contribution is 5.98. The lowest BCUT2D eigenvalue weighted by atomic mass is 10.1. The number of benzene rings is 2. The van der Waals surface area contributed by atoms with Crippen LogP contribution in [0.3, 0.4) is 0 Å². The Morgan fingerprint density at radius 3 is 2.44 bits per heavy atom. The van der Waals surface area contributed by atoms with Gasteiger partial charge in [0.15, 0.2) is 0 Å². The number of carbonyl (C=O) groups is 2. The molecule has 0 radical (unpaired) electrons. The van der Waals surface area contributed by atoms with Crippen molar-refractivity contribution in [1.29, 1.82) is 0 Å². The quantitative estimate of drug-likeness (QED) is 0.696. The van der Waals surface area contributed by atoms with Gasteiger partial charge in [-0.05, 0) is 17.7 Å². The number of aliphatic carboxylic acids is 1. The molecule has 0 spiro atoms. The molecule has 25 heavy (non-hydrogen) atoms. The molecule has 0 bridgehead atoms. The fourth-order valence-electron chi connectivity index (χ4n) is 2.51. The number of hydrogen-bond acceptors (Lipinski definition) is 4. The second-order valence-electron chi connectivity index (χ2n) is 5.54. The number of para-hydroxylation sites is 1.